The van der Waals surface area contributed by atoms with Gasteiger partial charge in [0.2, 0.25) is 0 Å². The average molecular weight is 251 g/mol. The third-order valence-corrected chi connectivity index (χ3v) is 3.29. The van der Waals surface area contributed by atoms with Crippen molar-refractivity contribution in [2.75, 3.05) is 6.54 Å². The van der Waals surface area contributed by atoms with Crippen LogP contribution in [0.1, 0.15) is 59.7 Å². The Balaban J connectivity index is 2.69. The maximum absolute atomic E-state index is 4.65. The van der Waals surface area contributed by atoms with Crippen molar-refractivity contribution in [1.29, 1.82) is 0 Å². The highest BCUT2D eigenvalue weighted by Crippen LogP contribution is 2.22. The maximum atomic E-state index is 4.65. The van der Waals surface area contributed by atoms with Crippen molar-refractivity contribution in [1.82, 2.24) is 15.1 Å². The van der Waals surface area contributed by atoms with E-state index in [2.05, 4.69) is 64.2 Å². The zero-order valence-electron chi connectivity index (χ0n) is 12.8. The first kappa shape index (κ1) is 15.2. The van der Waals surface area contributed by atoms with Crippen molar-refractivity contribution < 1.29 is 0 Å². The molecule has 0 aromatic carbocycles. The summed E-state index contributed by atoms with van der Waals surface area (Å²) in [6.07, 6.45) is 4.26. The fourth-order valence-electron chi connectivity index (χ4n) is 1.99. The highest BCUT2D eigenvalue weighted by atomic mass is 15.3. The van der Waals surface area contributed by atoms with Gasteiger partial charge in [-0.15, -0.1) is 0 Å². The summed E-state index contributed by atoms with van der Waals surface area (Å²) in [5, 5.41) is 8.29. The molecule has 1 aromatic heterocycles. The standard InChI is InChI=1S/C15H29N3/c1-7-9-16-14(15(4,5)6)11-13-8-10-18(17-13)12(2)3/h8,10,12,14,16H,7,9,11H2,1-6H3. The lowest BCUT2D eigenvalue weighted by Gasteiger charge is -2.31. The molecule has 0 radical (unpaired) electrons. The lowest BCUT2D eigenvalue weighted by Crippen LogP contribution is -2.42. The fourth-order valence-corrected chi connectivity index (χ4v) is 1.99. The molecule has 0 aliphatic carbocycles. The molecule has 3 nitrogen and oxygen atoms in total. The summed E-state index contributed by atoms with van der Waals surface area (Å²) in [6.45, 7) is 14.5. The highest BCUT2D eigenvalue weighted by Gasteiger charge is 2.24. The second-order valence-corrected chi connectivity index (χ2v) is 6.46. The third kappa shape index (κ3) is 4.45. The number of rotatable bonds is 6. The van der Waals surface area contributed by atoms with E-state index >= 15 is 0 Å². The summed E-state index contributed by atoms with van der Waals surface area (Å²) in [6, 6.07) is 3.07. The Hall–Kier alpha value is -0.830. The molecular formula is C15H29N3. The fraction of sp³-hybridized carbons (Fsp3) is 0.800. The first-order valence-electron chi connectivity index (χ1n) is 7.12. The summed E-state index contributed by atoms with van der Waals surface area (Å²) in [7, 11) is 0. The Morgan fingerprint density at radius 2 is 2.00 bits per heavy atom. The number of aromatic nitrogens is 2. The molecule has 0 aliphatic heterocycles. The lowest BCUT2D eigenvalue weighted by molar-refractivity contribution is 0.264. The zero-order chi connectivity index (χ0) is 13.8. The maximum Gasteiger partial charge on any atom is 0.0640 e. The van der Waals surface area contributed by atoms with Crippen molar-refractivity contribution in [3.8, 4) is 0 Å². The largest absolute Gasteiger partial charge is 0.313 e. The van der Waals surface area contributed by atoms with E-state index in [-0.39, 0.29) is 5.41 Å². The van der Waals surface area contributed by atoms with Gasteiger partial charge in [-0.3, -0.25) is 4.68 Å². The lowest BCUT2D eigenvalue weighted by atomic mass is 9.84. The van der Waals surface area contributed by atoms with Gasteiger partial charge in [0.1, 0.15) is 0 Å². The first-order chi connectivity index (χ1) is 8.34. The van der Waals surface area contributed by atoms with E-state index in [1.54, 1.807) is 0 Å². The van der Waals surface area contributed by atoms with E-state index in [9.17, 15) is 0 Å². The molecule has 1 atom stereocenters. The second kappa shape index (κ2) is 6.37. The van der Waals surface area contributed by atoms with Gasteiger partial charge in [-0.1, -0.05) is 27.7 Å². The van der Waals surface area contributed by atoms with Gasteiger partial charge in [0.15, 0.2) is 0 Å². The number of hydrogen-bond acceptors (Lipinski definition) is 2. The molecule has 0 amide bonds. The van der Waals surface area contributed by atoms with Crippen LogP contribution in [0, 0.1) is 5.41 Å². The molecular weight excluding hydrogens is 222 g/mol. The van der Waals surface area contributed by atoms with Crippen LogP contribution in [-0.2, 0) is 6.42 Å². The molecule has 0 bridgehead atoms. The molecule has 1 heterocycles. The number of hydrogen-bond donors (Lipinski definition) is 1. The molecule has 1 aromatic rings. The zero-order valence-corrected chi connectivity index (χ0v) is 12.8. The minimum atomic E-state index is 0.261. The van der Waals surface area contributed by atoms with Crippen molar-refractivity contribution in [2.24, 2.45) is 5.41 Å². The minimum Gasteiger partial charge on any atom is -0.313 e. The van der Waals surface area contributed by atoms with Crippen molar-refractivity contribution in [2.45, 2.75) is 66.5 Å². The van der Waals surface area contributed by atoms with Gasteiger partial charge < -0.3 is 5.32 Å². The van der Waals surface area contributed by atoms with E-state index in [0.717, 1.165) is 13.0 Å². The molecule has 0 saturated carbocycles. The summed E-state index contributed by atoms with van der Waals surface area (Å²) in [4.78, 5) is 0. The number of nitrogens with zero attached hydrogens (tertiary/aromatic N) is 2. The van der Waals surface area contributed by atoms with Crippen LogP contribution in [0.4, 0.5) is 0 Å². The highest BCUT2D eigenvalue weighted by molar-refractivity contribution is 5.04. The Morgan fingerprint density at radius 3 is 2.44 bits per heavy atom. The quantitative estimate of drug-likeness (QED) is 0.839. The van der Waals surface area contributed by atoms with E-state index in [4.69, 9.17) is 0 Å². The Kier molecular flexibility index (Phi) is 5.39. The van der Waals surface area contributed by atoms with E-state index < -0.39 is 0 Å². The van der Waals surface area contributed by atoms with Crippen LogP contribution in [0.3, 0.4) is 0 Å². The monoisotopic (exact) mass is 251 g/mol. The van der Waals surface area contributed by atoms with Crippen LogP contribution in [-0.4, -0.2) is 22.4 Å². The third-order valence-electron chi connectivity index (χ3n) is 3.29. The van der Waals surface area contributed by atoms with Gasteiger partial charge in [0.05, 0.1) is 5.69 Å². The van der Waals surface area contributed by atoms with Crippen LogP contribution in [0.2, 0.25) is 0 Å². The van der Waals surface area contributed by atoms with Crippen LogP contribution < -0.4 is 5.32 Å². The minimum absolute atomic E-state index is 0.261. The summed E-state index contributed by atoms with van der Waals surface area (Å²) < 4.78 is 2.04. The molecule has 3 heteroatoms. The second-order valence-electron chi connectivity index (χ2n) is 6.46. The van der Waals surface area contributed by atoms with Gasteiger partial charge in [-0.2, -0.15) is 5.10 Å². The van der Waals surface area contributed by atoms with Crippen LogP contribution in [0.5, 0.6) is 0 Å². The molecule has 0 fully saturated rings. The van der Waals surface area contributed by atoms with Gasteiger partial charge in [0, 0.05) is 24.7 Å². The Morgan fingerprint density at radius 1 is 1.33 bits per heavy atom. The molecule has 0 spiro atoms. The molecule has 0 aliphatic rings. The smallest absolute Gasteiger partial charge is 0.0640 e. The van der Waals surface area contributed by atoms with E-state index in [1.807, 2.05) is 4.68 Å². The Bertz CT molecular complexity index is 347. The van der Waals surface area contributed by atoms with E-state index in [1.165, 1.54) is 12.1 Å². The SMILES string of the molecule is CCCNC(Cc1ccn(C(C)C)n1)C(C)(C)C. The molecule has 1 N–H and O–H groups in total. The van der Waals surface area contributed by atoms with Crippen molar-refractivity contribution >= 4 is 0 Å². The molecule has 0 saturated heterocycles. The molecule has 1 rings (SSSR count). The molecule has 18 heavy (non-hydrogen) atoms. The average Bonchev–Trinajstić information content (AvgIpc) is 2.71. The molecule has 104 valence electrons. The number of nitrogens with one attached hydrogen (secondary N) is 1. The normalized spacial score (nSPS) is 14.2. The van der Waals surface area contributed by atoms with Crippen molar-refractivity contribution in [3.05, 3.63) is 18.0 Å². The van der Waals surface area contributed by atoms with Gasteiger partial charge >= 0.3 is 0 Å². The predicted molar refractivity (Wildman–Crippen MR) is 77.9 cm³/mol. The Labute approximate surface area is 112 Å². The first-order valence-corrected chi connectivity index (χ1v) is 7.12. The molecule has 1 unspecified atom stereocenters. The van der Waals surface area contributed by atoms with Gasteiger partial charge in [0.25, 0.3) is 0 Å². The predicted octanol–water partition coefficient (Wildman–Crippen LogP) is 3.42. The topological polar surface area (TPSA) is 29.9 Å². The van der Waals surface area contributed by atoms with Crippen LogP contribution in [0.15, 0.2) is 12.3 Å². The summed E-state index contributed by atoms with van der Waals surface area (Å²) in [5.74, 6) is 0. The van der Waals surface area contributed by atoms with E-state index in [0.29, 0.717) is 12.1 Å². The van der Waals surface area contributed by atoms with Gasteiger partial charge in [-0.05, 0) is 38.3 Å². The summed E-state index contributed by atoms with van der Waals surface area (Å²) >= 11 is 0. The van der Waals surface area contributed by atoms with Crippen molar-refractivity contribution in [3.63, 3.8) is 0 Å². The van der Waals surface area contributed by atoms with Crippen LogP contribution in [0.25, 0.3) is 0 Å². The van der Waals surface area contributed by atoms with Gasteiger partial charge in [-0.25, -0.2) is 0 Å². The van der Waals surface area contributed by atoms with Crippen LogP contribution >= 0.6 is 0 Å². The summed E-state index contributed by atoms with van der Waals surface area (Å²) in [5.41, 5.74) is 1.45.